The Morgan fingerprint density at radius 3 is 0.946 bits per heavy atom. The molecule has 0 radical (unpaired) electrons. The zero-order chi connectivity index (χ0) is 30.3. The molecule has 23 heteroatoms. The fourth-order valence-electron chi connectivity index (χ4n) is 2.33. The highest BCUT2D eigenvalue weighted by molar-refractivity contribution is 5.17. The molecule has 1 aromatic heterocycles. The van der Waals surface area contributed by atoms with Gasteiger partial charge in [0.25, 0.3) is 0 Å². The topological polar surface area (TPSA) is 8.81 Å². The molecule has 0 atom stereocenters. The second-order valence-electron chi connectivity index (χ2n) is 7.12. The molecule has 0 aliphatic carbocycles. The van der Waals surface area contributed by atoms with Gasteiger partial charge in [-0.15, -0.1) is 0 Å². The van der Waals surface area contributed by atoms with Gasteiger partial charge >= 0.3 is 59.6 Å². The Morgan fingerprint density at radius 2 is 0.703 bits per heavy atom. The van der Waals surface area contributed by atoms with Crippen LogP contribution < -0.4 is 4.57 Å². The summed E-state index contributed by atoms with van der Waals surface area (Å²) in [5.74, 6) is -70.3. The Bertz CT molecular complexity index is 984. The van der Waals surface area contributed by atoms with Gasteiger partial charge in [0, 0.05) is 0 Å². The number of alkyl halides is 21. The summed E-state index contributed by atoms with van der Waals surface area (Å²) >= 11 is 0. The SMILES string of the molecule is C[n+]1ccn(C(F)(F)C(F)(F)C(F)(F)C(F)(F)C(F)(F)C(F)(F)C(F)(F)C(F)(F)C(F)(F)C(F)(F)F)c1. The van der Waals surface area contributed by atoms with E-state index in [1.807, 2.05) is 0 Å². The lowest BCUT2D eigenvalue weighted by Gasteiger charge is -2.44. The molecular formula is C14H6F21N2+. The molecule has 0 fully saturated rings. The molecule has 0 aliphatic heterocycles. The summed E-state index contributed by atoms with van der Waals surface area (Å²) in [7, 11) is 0.686. The molecule has 0 aliphatic rings. The molecule has 37 heavy (non-hydrogen) atoms. The lowest BCUT2D eigenvalue weighted by atomic mass is 9.87. The first-order valence-corrected chi connectivity index (χ1v) is 8.26. The molecule has 0 bridgehead atoms. The predicted octanol–water partition coefficient (Wildman–Crippen LogP) is 6.51. The van der Waals surface area contributed by atoms with Crippen molar-refractivity contribution in [2.24, 2.45) is 7.05 Å². The molecule has 0 N–H and O–H groups in total. The number of halogens is 21. The summed E-state index contributed by atoms with van der Waals surface area (Å²) in [5, 5.41) is 0. The molecule has 0 saturated heterocycles. The van der Waals surface area contributed by atoms with E-state index in [9.17, 15) is 92.2 Å². The number of aryl methyl sites for hydroxylation is 1. The Balaban J connectivity index is 3.81. The highest BCUT2D eigenvalue weighted by Crippen LogP contribution is 2.66. The summed E-state index contributed by atoms with van der Waals surface area (Å²) in [4.78, 5) is 0. The molecular weight excluding hydrogens is 595 g/mol. The Hall–Kier alpha value is -2.26. The van der Waals surface area contributed by atoms with E-state index in [4.69, 9.17) is 0 Å². The molecule has 0 aromatic carbocycles. The number of imidazole rings is 1. The van der Waals surface area contributed by atoms with E-state index in [2.05, 4.69) is 0 Å². The van der Waals surface area contributed by atoms with Gasteiger partial charge in [-0.1, -0.05) is 0 Å². The van der Waals surface area contributed by atoms with Gasteiger partial charge in [-0.25, -0.2) is 4.57 Å². The Labute approximate surface area is 188 Å². The van der Waals surface area contributed by atoms with Gasteiger partial charge in [0.1, 0.15) is 12.4 Å². The van der Waals surface area contributed by atoms with Crippen LogP contribution in [0.3, 0.4) is 0 Å². The van der Waals surface area contributed by atoms with Crippen LogP contribution in [0.1, 0.15) is 0 Å². The van der Waals surface area contributed by atoms with Crippen molar-refractivity contribution in [3.8, 4) is 0 Å². The lowest BCUT2D eigenvalue weighted by Crippen LogP contribution is -2.76. The van der Waals surface area contributed by atoms with Crippen LogP contribution in [0.15, 0.2) is 18.7 Å². The minimum Gasteiger partial charge on any atom is -0.239 e. The van der Waals surface area contributed by atoms with Gasteiger partial charge in [-0.3, -0.25) is 0 Å². The zero-order valence-electron chi connectivity index (χ0n) is 16.6. The number of hydrogen-bond acceptors (Lipinski definition) is 0. The summed E-state index contributed by atoms with van der Waals surface area (Å²) in [5.41, 5.74) is 0. The van der Waals surface area contributed by atoms with Crippen molar-refractivity contribution in [3.05, 3.63) is 18.7 Å². The first-order chi connectivity index (χ1) is 15.7. The van der Waals surface area contributed by atoms with Crippen LogP contribution in [0.5, 0.6) is 0 Å². The smallest absolute Gasteiger partial charge is 0.239 e. The first-order valence-electron chi connectivity index (χ1n) is 8.26. The third-order valence-corrected chi connectivity index (χ3v) is 4.59. The van der Waals surface area contributed by atoms with Crippen molar-refractivity contribution in [3.63, 3.8) is 0 Å². The zero-order valence-corrected chi connectivity index (χ0v) is 16.6. The molecule has 1 rings (SSSR count). The standard InChI is InChI=1S/C14H6F21N2/c1-36-2-3-37(4-36)14(34,35)12(29,30)10(25,26)8(21,22)6(17,18)5(15,16)7(19,20)9(23,24)11(27,28)13(31,32)33/h2-4H,1H3/q+1. The number of hydrogen-bond donors (Lipinski definition) is 0. The van der Waals surface area contributed by atoms with E-state index in [1.165, 1.54) is 0 Å². The van der Waals surface area contributed by atoms with E-state index < -0.39 is 64.2 Å². The van der Waals surface area contributed by atoms with E-state index in [0.29, 0.717) is 17.8 Å². The molecule has 218 valence electrons. The van der Waals surface area contributed by atoms with E-state index >= 15 is 0 Å². The fourth-order valence-corrected chi connectivity index (χ4v) is 2.33. The second kappa shape index (κ2) is 8.12. The van der Waals surface area contributed by atoms with Crippen molar-refractivity contribution < 1.29 is 96.8 Å². The average Bonchev–Trinajstić information content (AvgIpc) is 3.12. The van der Waals surface area contributed by atoms with Crippen LogP contribution in [-0.4, -0.2) is 58.1 Å². The number of aromatic nitrogens is 2. The lowest BCUT2D eigenvalue weighted by molar-refractivity contribution is -0.672. The van der Waals surface area contributed by atoms with Gasteiger partial charge in [0.2, 0.25) is 6.33 Å². The molecule has 1 heterocycles. The third kappa shape index (κ3) is 3.87. The Morgan fingerprint density at radius 1 is 0.432 bits per heavy atom. The van der Waals surface area contributed by atoms with Crippen molar-refractivity contribution in [2.75, 3.05) is 0 Å². The van der Waals surface area contributed by atoms with Crippen LogP contribution in [0.25, 0.3) is 0 Å². The van der Waals surface area contributed by atoms with Crippen molar-refractivity contribution in [1.29, 1.82) is 0 Å². The van der Waals surface area contributed by atoms with E-state index in [0.717, 1.165) is 0 Å². The summed E-state index contributed by atoms with van der Waals surface area (Å²) in [6.07, 6.45) is -8.34. The maximum absolute atomic E-state index is 13.8. The van der Waals surface area contributed by atoms with Crippen molar-refractivity contribution in [2.45, 2.75) is 59.6 Å². The van der Waals surface area contributed by atoms with Crippen LogP contribution in [0.4, 0.5) is 92.2 Å². The molecule has 1 aromatic rings. The minimum atomic E-state index is -9.17. The molecule has 0 amide bonds. The van der Waals surface area contributed by atoms with E-state index in [1.54, 1.807) is 0 Å². The normalized spacial score (nSPS) is 16.4. The fraction of sp³-hybridized carbons (Fsp3) is 0.786. The second-order valence-corrected chi connectivity index (χ2v) is 7.12. The molecule has 0 unspecified atom stereocenters. The number of rotatable bonds is 9. The summed E-state index contributed by atoms with van der Waals surface area (Å²) in [6, 6.07) is -6.82. The Kier molecular flexibility index (Phi) is 7.19. The first kappa shape index (κ1) is 32.8. The highest BCUT2D eigenvalue weighted by Gasteiger charge is 2.98. The van der Waals surface area contributed by atoms with E-state index in [-0.39, 0.29) is 12.5 Å². The van der Waals surface area contributed by atoms with Crippen LogP contribution in [0.2, 0.25) is 0 Å². The number of nitrogens with zero attached hydrogens (tertiary/aromatic N) is 2. The van der Waals surface area contributed by atoms with Gasteiger partial charge in [0.15, 0.2) is 0 Å². The van der Waals surface area contributed by atoms with Gasteiger partial charge < -0.3 is 0 Å². The quantitative estimate of drug-likeness (QED) is 0.226. The molecule has 2 nitrogen and oxygen atoms in total. The van der Waals surface area contributed by atoms with Gasteiger partial charge in [-0.05, 0) is 0 Å². The van der Waals surface area contributed by atoms with Gasteiger partial charge in [0.05, 0.1) is 7.05 Å². The van der Waals surface area contributed by atoms with Crippen LogP contribution in [-0.2, 0) is 13.1 Å². The largest absolute Gasteiger partial charge is 0.469 e. The molecule has 0 spiro atoms. The van der Waals surface area contributed by atoms with Crippen molar-refractivity contribution in [1.82, 2.24) is 4.57 Å². The maximum atomic E-state index is 13.8. The monoisotopic (exact) mass is 601 g/mol. The average molecular weight is 601 g/mol. The van der Waals surface area contributed by atoms with Gasteiger partial charge in [-0.2, -0.15) is 96.8 Å². The highest BCUT2D eigenvalue weighted by atomic mass is 19.4. The maximum Gasteiger partial charge on any atom is 0.469 e. The third-order valence-electron chi connectivity index (χ3n) is 4.59. The minimum absolute atomic E-state index is 0.298. The molecule has 0 saturated carbocycles. The summed E-state index contributed by atoms with van der Waals surface area (Å²) < 4.78 is 277. The summed E-state index contributed by atoms with van der Waals surface area (Å²) in [6.45, 7) is 0. The van der Waals surface area contributed by atoms with Crippen molar-refractivity contribution >= 4 is 0 Å². The van der Waals surface area contributed by atoms with Crippen LogP contribution in [0, 0.1) is 0 Å². The predicted molar refractivity (Wildman–Crippen MR) is 71.4 cm³/mol. The van der Waals surface area contributed by atoms with Crippen LogP contribution >= 0.6 is 0 Å².